The Morgan fingerprint density at radius 3 is 2.73 bits per heavy atom. The van der Waals surface area contributed by atoms with E-state index in [1.165, 1.54) is 0 Å². The van der Waals surface area contributed by atoms with Gasteiger partial charge in [0.2, 0.25) is 5.91 Å². The maximum absolute atomic E-state index is 12.2. The highest BCUT2D eigenvalue weighted by atomic mass is 16.2. The number of anilines is 1. The Labute approximate surface area is 90.2 Å². The van der Waals surface area contributed by atoms with Gasteiger partial charge in [-0.2, -0.15) is 0 Å². The summed E-state index contributed by atoms with van der Waals surface area (Å²) in [6.07, 6.45) is 1.76. The van der Waals surface area contributed by atoms with E-state index >= 15 is 0 Å². The van der Waals surface area contributed by atoms with Gasteiger partial charge in [0.15, 0.2) is 0 Å². The molecule has 0 saturated carbocycles. The molecule has 0 spiro atoms. The topological polar surface area (TPSA) is 20.3 Å². The van der Waals surface area contributed by atoms with Crippen molar-refractivity contribution in [1.29, 1.82) is 0 Å². The summed E-state index contributed by atoms with van der Waals surface area (Å²) in [7, 11) is 0. The van der Waals surface area contributed by atoms with Gasteiger partial charge in [0, 0.05) is 12.2 Å². The Kier molecular flexibility index (Phi) is 2.14. The van der Waals surface area contributed by atoms with E-state index in [1.807, 2.05) is 38.1 Å². The van der Waals surface area contributed by atoms with E-state index in [4.69, 9.17) is 0 Å². The van der Waals surface area contributed by atoms with Gasteiger partial charge >= 0.3 is 0 Å². The highest BCUT2D eigenvalue weighted by molar-refractivity contribution is 6.07. The van der Waals surface area contributed by atoms with Gasteiger partial charge in [-0.25, -0.2) is 0 Å². The van der Waals surface area contributed by atoms with Gasteiger partial charge < -0.3 is 4.90 Å². The average Bonchev–Trinajstić information content (AvgIpc) is 2.42. The van der Waals surface area contributed by atoms with Crippen LogP contribution in [0.3, 0.4) is 0 Å². The lowest BCUT2D eigenvalue weighted by Crippen LogP contribution is -2.36. The van der Waals surface area contributed by atoms with Crippen molar-refractivity contribution in [2.24, 2.45) is 0 Å². The number of hydrogen-bond donors (Lipinski definition) is 0. The minimum absolute atomic E-state index is 0.156. The first kappa shape index (κ1) is 9.97. The standard InChI is InChI=1S/C13H15NO/c1-4-9-14-11-8-6-5-7-10(11)13(2,3)12(14)15/h4-8H,1,9H2,2-3H3. The molecular formula is C13H15NO. The maximum atomic E-state index is 12.2. The summed E-state index contributed by atoms with van der Waals surface area (Å²) in [5.41, 5.74) is 1.73. The number of rotatable bonds is 2. The number of nitrogens with zero attached hydrogens (tertiary/aromatic N) is 1. The molecule has 0 unspecified atom stereocenters. The number of carbonyl (C=O) groups is 1. The molecule has 2 nitrogen and oxygen atoms in total. The monoisotopic (exact) mass is 201 g/mol. The van der Waals surface area contributed by atoms with Gasteiger partial charge in [-0.1, -0.05) is 24.3 Å². The summed E-state index contributed by atoms with van der Waals surface area (Å²) >= 11 is 0. The average molecular weight is 201 g/mol. The number of hydrogen-bond acceptors (Lipinski definition) is 1. The van der Waals surface area contributed by atoms with Crippen molar-refractivity contribution in [2.75, 3.05) is 11.4 Å². The van der Waals surface area contributed by atoms with Gasteiger partial charge in [0.1, 0.15) is 0 Å². The van der Waals surface area contributed by atoms with Crippen LogP contribution in [0.1, 0.15) is 19.4 Å². The number of carbonyl (C=O) groups excluding carboxylic acids is 1. The summed E-state index contributed by atoms with van der Waals surface area (Å²) in [5, 5.41) is 0. The van der Waals surface area contributed by atoms with Crippen LogP contribution in [0.15, 0.2) is 36.9 Å². The van der Waals surface area contributed by atoms with Crippen molar-refractivity contribution in [3.63, 3.8) is 0 Å². The van der Waals surface area contributed by atoms with Crippen LogP contribution in [0.4, 0.5) is 5.69 Å². The molecule has 78 valence electrons. The van der Waals surface area contributed by atoms with Crippen LogP contribution in [-0.2, 0) is 10.2 Å². The summed E-state index contributed by atoms with van der Waals surface area (Å²) in [6.45, 7) is 8.21. The molecule has 0 saturated heterocycles. The van der Waals surface area contributed by atoms with Crippen LogP contribution >= 0.6 is 0 Å². The number of benzene rings is 1. The number of fused-ring (bicyclic) bond motifs is 1. The maximum Gasteiger partial charge on any atom is 0.237 e. The third-order valence-electron chi connectivity index (χ3n) is 2.96. The van der Waals surface area contributed by atoms with Crippen molar-refractivity contribution < 1.29 is 4.79 Å². The van der Waals surface area contributed by atoms with Gasteiger partial charge in [0.25, 0.3) is 0 Å². The van der Waals surface area contributed by atoms with Crippen molar-refractivity contribution in [1.82, 2.24) is 0 Å². The molecule has 0 radical (unpaired) electrons. The highest BCUT2D eigenvalue weighted by Gasteiger charge is 2.42. The Hall–Kier alpha value is -1.57. The Balaban J connectivity index is 2.56. The number of amides is 1. The van der Waals surface area contributed by atoms with Crippen molar-refractivity contribution in [2.45, 2.75) is 19.3 Å². The molecule has 2 heteroatoms. The fraction of sp³-hybridized carbons (Fsp3) is 0.308. The van der Waals surface area contributed by atoms with Gasteiger partial charge in [-0.05, 0) is 25.5 Å². The van der Waals surface area contributed by atoms with E-state index < -0.39 is 5.41 Å². The van der Waals surface area contributed by atoms with E-state index in [1.54, 1.807) is 11.0 Å². The van der Waals surface area contributed by atoms with Crippen LogP contribution in [0.2, 0.25) is 0 Å². The van der Waals surface area contributed by atoms with Crippen LogP contribution in [0.5, 0.6) is 0 Å². The fourth-order valence-electron chi connectivity index (χ4n) is 2.11. The van der Waals surface area contributed by atoms with E-state index in [0.717, 1.165) is 11.3 Å². The number of para-hydroxylation sites is 1. The Morgan fingerprint density at radius 1 is 1.40 bits per heavy atom. The molecule has 0 aliphatic carbocycles. The SMILES string of the molecule is C=CCN1C(=O)C(C)(C)c2ccccc21. The van der Waals surface area contributed by atoms with Gasteiger partial charge in [-0.3, -0.25) is 4.79 Å². The molecule has 1 aromatic rings. The third-order valence-corrected chi connectivity index (χ3v) is 2.96. The smallest absolute Gasteiger partial charge is 0.237 e. The van der Waals surface area contributed by atoms with Gasteiger partial charge in [0.05, 0.1) is 5.41 Å². The van der Waals surface area contributed by atoms with Crippen LogP contribution in [0, 0.1) is 0 Å². The van der Waals surface area contributed by atoms with Crippen LogP contribution in [0.25, 0.3) is 0 Å². The van der Waals surface area contributed by atoms with E-state index in [2.05, 4.69) is 6.58 Å². The zero-order valence-electron chi connectivity index (χ0n) is 9.16. The molecule has 2 rings (SSSR count). The fourth-order valence-corrected chi connectivity index (χ4v) is 2.11. The molecule has 0 aromatic heterocycles. The zero-order valence-corrected chi connectivity index (χ0v) is 9.16. The van der Waals surface area contributed by atoms with Crippen LogP contribution < -0.4 is 4.90 Å². The van der Waals surface area contributed by atoms with Crippen molar-refractivity contribution >= 4 is 11.6 Å². The summed E-state index contributed by atoms with van der Waals surface area (Å²) < 4.78 is 0. The molecule has 0 atom stereocenters. The lowest BCUT2D eigenvalue weighted by molar-refractivity contribution is -0.121. The van der Waals surface area contributed by atoms with Crippen LogP contribution in [-0.4, -0.2) is 12.5 Å². The second-order valence-corrected chi connectivity index (χ2v) is 4.35. The summed E-state index contributed by atoms with van der Waals surface area (Å²) in [4.78, 5) is 13.9. The molecule has 0 N–H and O–H groups in total. The van der Waals surface area contributed by atoms with Gasteiger partial charge in [-0.15, -0.1) is 6.58 Å². The zero-order chi connectivity index (χ0) is 11.1. The second kappa shape index (κ2) is 3.23. The van der Waals surface area contributed by atoms with E-state index in [0.29, 0.717) is 6.54 Å². The summed E-state index contributed by atoms with van der Waals surface area (Å²) in [6, 6.07) is 7.96. The minimum Gasteiger partial charge on any atom is -0.308 e. The third kappa shape index (κ3) is 1.29. The minimum atomic E-state index is -0.403. The molecule has 15 heavy (non-hydrogen) atoms. The molecule has 1 aliphatic rings. The summed E-state index contributed by atoms with van der Waals surface area (Å²) in [5.74, 6) is 0.156. The molecule has 0 fully saturated rings. The Morgan fingerprint density at radius 2 is 2.07 bits per heavy atom. The first-order valence-electron chi connectivity index (χ1n) is 5.11. The van der Waals surface area contributed by atoms with E-state index in [9.17, 15) is 4.79 Å². The molecular weight excluding hydrogens is 186 g/mol. The molecule has 1 amide bonds. The van der Waals surface area contributed by atoms with Crippen molar-refractivity contribution in [3.8, 4) is 0 Å². The van der Waals surface area contributed by atoms with Crippen molar-refractivity contribution in [3.05, 3.63) is 42.5 Å². The molecule has 1 aliphatic heterocycles. The lowest BCUT2D eigenvalue weighted by atomic mass is 9.86. The Bertz CT molecular complexity index is 420. The van der Waals surface area contributed by atoms with E-state index in [-0.39, 0.29) is 5.91 Å². The predicted octanol–water partition coefficient (Wildman–Crippen LogP) is 2.50. The first-order chi connectivity index (χ1) is 7.09. The normalized spacial score (nSPS) is 17.7. The molecule has 1 aromatic carbocycles. The molecule has 0 bridgehead atoms. The second-order valence-electron chi connectivity index (χ2n) is 4.35. The lowest BCUT2D eigenvalue weighted by Gasteiger charge is -2.18. The largest absolute Gasteiger partial charge is 0.308 e. The molecule has 1 heterocycles. The predicted molar refractivity (Wildman–Crippen MR) is 62.0 cm³/mol. The highest BCUT2D eigenvalue weighted by Crippen LogP contribution is 2.40. The first-order valence-corrected chi connectivity index (χ1v) is 5.11. The quantitative estimate of drug-likeness (QED) is 0.673.